The van der Waals surface area contributed by atoms with Gasteiger partial charge in [0.05, 0.1) is 17.6 Å². The molecule has 23 heavy (non-hydrogen) atoms. The number of carbonyl (C=O) groups is 1. The molecule has 1 aromatic heterocycles. The highest BCUT2D eigenvalue weighted by molar-refractivity contribution is 5.82. The van der Waals surface area contributed by atoms with E-state index in [0.29, 0.717) is 25.3 Å². The molecule has 1 aliphatic carbocycles. The van der Waals surface area contributed by atoms with Crippen LogP contribution in [0.4, 0.5) is 5.82 Å². The van der Waals surface area contributed by atoms with Gasteiger partial charge < -0.3 is 14.5 Å². The van der Waals surface area contributed by atoms with Gasteiger partial charge in [-0.25, -0.2) is 4.98 Å². The SMILES string of the molecule is CCO[C@@H]1C[C@H]1C(=O)N1CCCN(c2ncccc2C#N)CC1. The highest BCUT2D eigenvalue weighted by Gasteiger charge is 2.45. The van der Waals surface area contributed by atoms with Crippen LogP contribution in [-0.2, 0) is 9.53 Å². The van der Waals surface area contributed by atoms with E-state index in [4.69, 9.17) is 4.74 Å². The van der Waals surface area contributed by atoms with Gasteiger partial charge in [-0.15, -0.1) is 0 Å². The van der Waals surface area contributed by atoms with E-state index >= 15 is 0 Å². The first-order chi connectivity index (χ1) is 11.2. The van der Waals surface area contributed by atoms with E-state index in [1.54, 1.807) is 18.3 Å². The maximum absolute atomic E-state index is 12.5. The van der Waals surface area contributed by atoms with Crippen molar-refractivity contribution < 1.29 is 9.53 Å². The van der Waals surface area contributed by atoms with Crippen molar-refractivity contribution >= 4 is 11.7 Å². The molecule has 1 aromatic rings. The predicted molar refractivity (Wildman–Crippen MR) is 85.9 cm³/mol. The van der Waals surface area contributed by atoms with Crippen LogP contribution >= 0.6 is 0 Å². The first-order valence-electron chi connectivity index (χ1n) is 8.25. The lowest BCUT2D eigenvalue weighted by Crippen LogP contribution is -2.37. The summed E-state index contributed by atoms with van der Waals surface area (Å²) in [5, 5.41) is 9.23. The van der Waals surface area contributed by atoms with E-state index in [1.807, 2.05) is 11.8 Å². The molecule has 1 amide bonds. The van der Waals surface area contributed by atoms with Crippen molar-refractivity contribution in [2.75, 3.05) is 37.7 Å². The Hall–Kier alpha value is -2.13. The van der Waals surface area contributed by atoms with E-state index in [-0.39, 0.29) is 17.9 Å². The monoisotopic (exact) mass is 314 g/mol. The fraction of sp³-hybridized carbons (Fsp3) is 0.588. The molecule has 1 saturated heterocycles. The molecule has 3 rings (SSSR count). The largest absolute Gasteiger partial charge is 0.378 e. The van der Waals surface area contributed by atoms with E-state index in [9.17, 15) is 10.1 Å². The fourth-order valence-corrected chi connectivity index (χ4v) is 3.15. The highest BCUT2D eigenvalue weighted by atomic mass is 16.5. The van der Waals surface area contributed by atoms with E-state index < -0.39 is 0 Å². The number of amides is 1. The summed E-state index contributed by atoms with van der Waals surface area (Å²) < 4.78 is 5.53. The van der Waals surface area contributed by atoms with Crippen LogP contribution in [0, 0.1) is 17.2 Å². The van der Waals surface area contributed by atoms with Crippen molar-refractivity contribution in [1.29, 1.82) is 5.26 Å². The number of nitriles is 1. The molecule has 1 saturated carbocycles. The summed E-state index contributed by atoms with van der Waals surface area (Å²) in [5.41, 5.74) is 0.589. The van der Waals surface area contributed by atoms with Gasteiger partial charge in [0.15, 0.2) is 0 Å². The zero-order valence-electron chi connectivity index (χ0n) is 13.4. The maximum Gasteiger partial charge on any atom is 0.228 e. The number of pyridine rings is 1. The fourth-order valence-electron chi connectivity index (χ4n) is 3.15. The molecule has 2 fully saturated rings. The zero-order valence-corrected chi connectivity index (χ0v) is 13.4. The summed E-state index contributed by atoms with van der Waals surface area (Å²) in [7, 11) is 0. The van der Waals surface area contributed by atoms with Crippen LogP contribution in [0.1, 0.15) is 25.3 Å². The van der Waals surface area contributed by atoms with Gasteiger partial charge in [0, 0.05) is 39.0 Å². The Bertz CT molecular complexity index is 613. The number of carbonyl (C=O) groups excluding carboxylic acids is 1. The summed E-state index contributed by atoms with van der Waals surface area (Å²) >= 11 is 0. The molecule has 2 atom stereocenters. The lowest BCUT2D eigenvalue weighted by molar-refractivity contribution is -0.133. The number of hydrogen-bond donors (Lipinski definition) is 0. The molecule has 0 radical (unpaired) electrons. The number of aromatic nitrogens is 1. The molecule has 0 spiro atoms. The first-order valence-corrected chi connectivity index (χ1v) is 8.25. The third kappa shape index (κ3) is 3.45. The van der Waals surface area contributed by atoms with Gasteiger partial charge in [0.25, 0.3) is 0 Å². The van der Waals surface area contributed by atoms with Crippen LogP contribution in [0.15, 0.2) is 18.3 Å². The standard InChI is InChI=1S/C17H22N4O2/c1-2-23-15-11-14(15)17(22)21-8-4-7-20(9-10-21)16-13(12-18)5-3-6-19-16/h3,5-6,14-15H,2,4,7-11H2,1H3/t14-,15-/m1/s1. The van der Waals surface area contributed by atoms with E-state index in [0.717, 1.165) is 31.7 Å². The summed E-state index contributed by atoms with van der Waals surface area (Å²) in [6.07, 6.45) is 3.57. The molecule has 0 N–H and O–H groups in total. The highest BCUT2D eigenvalue weighted by Crippen LogP contribution is 2.35. The Morgan fingerprint density at radius 3 is 3.09 bits per heavy atom. The van der Waals surface area contributed by atoms with Crippen LogP contribution in [0.2, 0.25) is 0 Å². The molecular weight excluding hydrogens is 292 g/mol. The van der Waals surface area contributed by atoms with Crippen molar-refractivity contribution in [3.05, 3.63) is 23.9 Å². The normalized spacial score (nSPS) is 24.0. The van der Waals surface area contributed by atoms with Crippen LogP contribution in [-0.4, -0.2) is 54.7 Å². The quantitative estimate of drug-likeness (QED) is 0.840. The minimum absolute atomic E-state index is 0.0472. The number of anilines is 1. The number of ether oxygens (including phenoxy) is 1. The third-order valence-corrected chi connectivity index (χ3v) is 4.44. The lowest BCUT2D eigenvalue weighted by Gasteiger charge is -2.23. The molecule has 2 aliphatic rings. The van der Waals surface area contributed by atoms with Gasteiger partial charge >= 0.3 is 0 Å². The number of nitrogens with zero attached hydrogens (tertiary/aromatic N) is 4. The van der Waals surface area contributed by atoms with Crippen LogP contribution in [0.3, 0.4) is 0 Å². The molecule has 0 bridgehead atoms. The second kappa shape index (κ2) is 6.97. The van der Waals surface area contributed by atoms with Crippen molar-refractivity contribution in [1.82, 2.24) is 9.88 Å². The predicted octanol–water partition coefficient (Wildman–Crippen LogP) is 1.42. The van der Waals surface area contributed by atoms with Crippen molar-refractivity contribution in [2.45, 2.75) is 25.9 Å². The Balaban J connectivity index is 1.62. The van der Waals surface area contributed by atoms with Crippen molar-refractivity contribution in [3.63, 3.8) is 0 Å². The second-order valence-corrected chi connectivity index (χ2v) is 5.99. The molecule has 122 valence electrons. The third-order valence-electron chi connectivity index (χ3n) is 4.44. The van der Waals surface area contributed by atoms with Gasteiger partial charge in [-0.1, -0.05) is 0 Å². The molecule has 2 heterocycles. The molecule has 0 unspecified atom stereocenters. The first kappa shape index (κ1) is 15.8. The number of rotatable bonds is 4. The van der Waals surface area contributed by atoms with E-state index in [1.165, 1.54) is 0 Å². The second-order valence-electron chi connectivity index (χ2n) is 5.99. The molecule has 0 aromatic carbocycles. The zero-order chi connectivity index (χ0) is 16.2. The maximum atomic E-state index is 12.5. The Morgan fingerprint density at radius 2 is 2.30 bits per heavy atom. The summed E-state index contributed by atoms with van der Waals surface area (Å²) in [6.45, 7) is 5.59. The van der Waals surface area contributed by atoms with Gasteiger partial charge in [-0.05, 0) is 31.9 Å². The molecule has 6 heteroatoms. The smallest absolute Gasteiger partial charge is 0.228 e. The minimum Gasteiger partial charge on any atom is -0.378 e. The van der Waals surface area contributed by atoms with Crippen LogP contribution in [0.25, 0.3) is 0 Å². The lowest BCUT2D eigenvalue weighted by atomic mass is 10.2. The molecule has 6 nitrogen and oxygen atoms in total. The van der Waals surface area contributed by atoms with Gasteiger partial charge in [-0.2, -0.15) is 5.26 Å². The van der Waals surface area contributed by atoms with Gasteiger partial charge in [-0.3, -0.25) is 4.79 Å². The Morgan fingerprint density at radius 1 is 1.43 bits per heavy atom. The van der Waals surface area contributed by atoms with Crippen LogP contribution < -0.4 is 4.90 Å². The average Bonchev–Trinajstić information content (AvgIpc) is 3.37. The summed E-state index contributed by atoms with van der Waals surface area (Å²) in [4.78, 5) is 20.9. The summed E-state index contributed by atoms with van der Waals surface area (Å²) in [5.74, 6) is 0.987. The Labute approximate surface area is 136 Å². The minimum atomic E-state index is 0.0472. The van der Waals surface area contributed by atoms with Crippen molar-refractivity contribution in [3.8, 4) is 6.07 Å². The van der Waals surface area contributed by atoms with Crippen molar-refractivity contribution in [2.24, 2.45) is 5.92 Å². The number of hydrogen-bond acceptors (Lipinski definition) is 5. The van der Waals surface area contributed by atoms with Gasteiger partial charge in [0.1, 0.15) is 11.9 Å². The van der Waals surface area contributed by atoms with Gasteiger partial charge in [0.2, 0.25) is 5.91 Å². The average molecular weight is 314 g/mol. The van der Waals surface area contributed by atoms with Crippen LogP contribution in [0.5, 0.6) is 0 Å². The van der Waals surface area contributed by atoms with E-state index in [2.05, 4.69) is 16.0 Å². The molecular formula is C17H22N4O2. The summed E-state index contributed by atoms with van der Waals surface area (Å²) in [6, 6.07) is 5.75. The Kier molecular flexibility index (Phi) is 4.77. The molecule has 1 aliphatic heterocycles. The topological polar surface area (TPSA) is 69.5 Å².